The molecule has 0 radical (unpaired) electrons. The van der Waals surface area contributed by atoms with Crippen LogP contribution in [0.2, 0.25) is 5.02 Å². The van der Waals surface area contributed by atoms with Gasteiger partial charge in [-0.1, -0.05) is 35.9 Å². The molecular formula is C16H18ClNO3S. The summed E-state index contributed by atoms with van der Waals surface area (Å²) in [6, 6.07) is 12.4. The Labute approximate surface area is 136 Å². The molecule has 0 aliphatic rings. The predicted octanol–water partition coefficient (Wildman–Crippen LogP) is 3.31. The second-order valence-electron chi connectivity index (χ2n) is 4.95. The van der Waals surface area contributed by atoms with Gasteiger partial charge in [0, 0.05) is 6.54 Å². The Morgan fingerprint density at radius 1 is 1.14 bits per heavy atom. The van der Waals surface area contributed by atoms with Crippen LogP contribution in [0.4, 0.5) is 0 Å². The lowest BCUT2D eigenvalue weighted by Crippen LogP contribution is -2.28. The smallest absolute Gasteiger partial charge is 0.240 e. The second kappa shape index (κ2) is 7.13. The van der Waals surface area contributed by atoms with Gasteiger partial charge in [0.1, 0.15) is 12.4 Å². The maximum absolute atomic E-state index is 12.3. The molecule has 1 N–H and O–H groups in total. The van der Waals surface area contributed by atoms with Crippen molar-refractivity contribution in [2.24, 2.45) is 0 Å². The number of benzene rings is 2. The minimum absolute atomic E-state index is 0.168. The van der Waals surface area contributed by atoms with Crippen molar-refractivity contribution in [3.05, 3.63) is 58.6 Å². The summed E-state index contributed by atoms with van der Waals surface area (Å²) in [5.74, 6) is 0.537. The molecule has 0 atom stereocenters. The van der Waals surface area contributed by atoms with Gasteiger partial charge in [-0.25, -0.2) is 13.1 Å². The molecule has 0 fully saturated rings. The van der Waals surface area contributed by atoms with Gasteiger partial charge in [0.15, 0.2) is 0 Å². The Kier molecular flexibility index (Phi) is 5.45. The first-order valence-corrected chi connectivity index (χ1v) is 8.70. The third-order valence-corrected chi connectivity index (χ3v) is 5.04. The summed E-state index contributed by atoms with van der Waals surface area (Å²) in [5, 5.41) is 0.500. The molecular weight excluding hydrogens is 322 g/mol. The number of aryl methyl sites for hydroxylation is 2. The summed E-state index contributed by atoms with van der Waals surface area (Å²) in [6.07, 6.45) is 0. The van der Waals surface area contributed by atoms with Crippen molar-refractivity contribution in [2.75, 3.05) is 13.2 Å². The summed E-state index contributed by atoms with van der Waals surface area (Å²) < 4.78 is 32.6. The van der Waals surface area contributed by atoms with E-state index >= 15 is 0 Å². The van der Waals surface area contributed by atoms with Gasteiger partial charge in [-0.05, 0) is 43.2 Å². The van der Waals surface area contributed by atoms with Crippen molar-refractivity contribution < 1.29 is 13.2 Å². The predicted molar refractivity (Wildman–Crippen MR) is 88.1 cm³/mol. The fourth-order valence-electron chi connectivity index (χ4n) is 1.97. The maximum atomic E-state index is 12.3. The first-order valence-electron chi connectivity index (χ1n) is 6.84. The number of para-hydroxylation sites is 1. The van der Waals surface area contributed by atoms with Crippen LogP contribution in [-0.2, 0) is 10.0 Å². The quantitative estimate of drug-likeness (QED) is 0.821. The zero-order chi connectivity index (χ0) is 16.2. The van der Waals surface area contributed by atoms with Crippen LogP contribution in [0, 0.1) is 13.8 Å². The van der Waals surface area contributed by atoms with E-state index in [1.54, 1.807) is 37.3 Å². The number of halogens is 1. The number of sulfonamides is 1. The van der Waals surface area contributed by atoms with Crippen molar-refractivity contribution in [2.45, 2.75) is 18.7 Å². The largest absolute Gasteiger partial charge is 0.491 e. The number of hydrogen-bond donors (Lipinski definition) is 1. The minimum Gasteiger partial charge on any atom is -0.491 e. The van der Waals surface area contributed by atoms with E-state index in [2.05, 4.69) is 4.72 Å². The molecule has 0 unspecified atom stereocenters. The van der Waals surface area contributed by atoms with E-state index in [1.165, 1.54) is 0 Å². The van der Waals surface area contributed by atoms with E-state index in [1.807, 2.05) is 19.1 Å². The van der Waals surface area contributed by atoms with E-state index in [0.717, 1.165) is 5.56 Å². The molecule has 0 aromatic heterocycles. The molecule has 0 amide bonds. The zero-order valence-corrected chi connectivity index (χ0v) is 14.0. The van der Waals surface area contributed by atoms with E-state index < -0.39 is 10.0 Å². The number of nitrogens with one attached hydrogen (secondary N) is 1. The normalized spacial score (nSPS) is 11.4. The first-order chi connectivity index (χ1) is 10.4. The summed E-state index contributed by atoms with van der Waals surface area (Å²) in [5.41, 5.74) is 1.61. The Balaban J connectivity index is 1.96. The van der Waals surface area contributed by atoms with Crippen LogP contribution in [0.25, 0.3) is 0 Å². The Hall–Kier alpha value is -1.56. The molecule has 2 rings (SSSR count). The molecule has 22 heavy (non-hydrogen) atoms. The first kappa shape index (κ1) is 16.8. The molecule has 118 valence electrons. The molecule has 0 aliphatic heterocycles. The van der Waals surface area contributed by atoms with Crippen LogP contribution in [-0.4, -0.2) is 21.6 Å². The lowest BCUT2D eigenvalue weighted by molar-refractivity contribution is 0.323. The number of rotatable bonds is 6. The van der Waals surface area contributed by atoms with Crippen molar-refractivity contribution >= 4 is 21.6 Å². The molecule has 0 saturated carbocycles. The van der Waals surface area contributed by atoms with Gasteiger partial charge in [0.05, 0.1) is 9.92 Å². The van der Waals surface area contributed by atoms with Crippen molar-refractivity contribution in [1.29, 1.82) is 0 Å². The van der Waals surface area contributed by atoms with Crippen molar-refractivity contribution in [1.82, 2.24) is 4.72 Å². The second-order valence-corrected chi connectivity index (χ2v) is 7.09. The van der Waals surface area contributed by atoms with Crippen LogP contribution in [0.3, 0.4) is 0 Å². The molecule has 0 aliphatic carbocycles. The van der Waals surface area contributed by atoms with E-state index in [0.29, 0.717) is 21.2 Å². The highest BCUT2D eigenvalue weighted by Crippen LogP contribution is 2.22. The van der Waals surface area contributed by atoms with Crippen molar-refractivity contribution in [3.8, 4) is 5.75 Å². The molecule has 0 spiro atoms. The molecule has 0 heterocycles. The Morgan fingerprint density at radius 3 is 2.59 bits per heavy atom. The van der Waals surface area contributed by atoms with Gasteiger partial charge >= 0.3 is 0 Å². The van der Waals surface area contributed by atoms with Gasteiger partial charge in [0.2, 0.25) is 10.0 Å². The van der Waals surface area contributed by atoms with Crippen LogP contribution in [0.5, 0.6) is 5.75 Å². The molecule has 2 aromatic carbocycles. The van der Waals surface area contributed by atoms with E-state index in [9.17, 15) is 8.42 Å². The van der Waals surface area contributed by atoms with Crippen LogP contribution < -0.4 is 9.46 Å². The van der Waals surface area contributed by atoms with Crippen LogP contribution in [0.1, 0.15) is 11.1 Å². The van der Waals surface area contributed by atoms with Gasteiger partial charge in [-0.2, -0.15) is 0 Å². The Bertz CT molecular complexity index is 760. The molecule has 4 nitrogen and oxygen atoms in total. The topological polar surface area (TPSA) is 55.4 Å². The zero-order valence-electron chi connectivity index (χ0n) is 12.5. The van der Waals surface area contributed by atoms with Crippen LogP contribution >= 0.6 is 11.6 Å². The van der Waals surface area contributed by atoms with E-state index in [-0.39, 0.29) is 13.2 Å². The highest BCUT2D eigenvalue weighted by molar-refractivity contribution is 7.89. The van der Waals surface area contributed by atoms with Gasteiger partial charge < -0.3 is 4.74 Å². The summed E-state index contributed by atoms with van der Waals surface area (Å²) >= 11 is 5.96. The van der Waals surface area contributed by atoms with Crippen molar-refractivity contribution in [3.63, 3.8) is 0 Å². The SMILES string of the molecule is Cc1ccc(C)c(S(=O)(=O)NCCOc2ccccc2Cl)c1. The maximum Gasteiger partial charge on any atom is 0.240 e. The molecule has 6 heteroatoms. The van der Waals surface area contributed by atoms with Gasteiger partial charge in [0.25, 0.3) is 0 Å². The lowest BCUT2D eigenvalue weighted by atomic mass is 10.2. The summed E-state index contributed by atoms with van der Waals surface area (Å²) in [4.78, 5) is 0.297. The standard InChI is InChI=1S/C16H18ClNO3S/c1-12-7-8-13(2)16(11-12)22(19,20)18-9-10-21-15-6-4-3-5-14(15)17/h3-8,11,18H,9-10H2,1-2H3. The molecule has 2 aromatic rings. The van der Waals surface area contributed by atoms with E-state index in [4.69, 9.17) is 16.3 Å². The number of hydrogen-bond acceptors (Lipinski definition) is 3. The average Bonchev–Trinajstić information content (AvgIpc) is 2.48. The monoisotopic (exact) mass is 339 g/mol. The van der Waals surface area contributed by atoms with Gasteiger partial charge in [-0.3, -0.25) is 0 Å². The Morgan fingerprint density at radius 2 is 1.86 bits per heavy atom. The average molecular weight is 340 g/mol. The lowest BCUT2D eigenvalue weighted by Gasteiger charge is -2.11. The highest BCUT2D eigenvalue weighted by Gasteiger charge is 2.16. The highest BCUT2D eigenvalue weighted by atomic mass is 35.5. The van der Waals surface area contributed by atoms with Crippen LogP contribution in [0.15, 0.2) is 47.4 Å². The third kappa shape index (κ3) is 4.22. The van der Waals surface area contributed by atoms with Gasteiger partial charge in [-0.15, -0.1) is 0 Å². The third-order valence-electron chi connectivity index (χ3n) is 3.12. The summed E-state index contributed by atoms with van der Waals surface area (Å²) in [6.45, 7) is 4.00. The fraction of sp³-hybridized carbons (Fsp3) is 0.250. The summed E-state index contributed by atoms with van der Waals surface area (Å²) in [7, 11) is -3.54. The number of ether oxygens (including phenoxy) is 1. The minimum atomic E-state index is -3.54. The fourth-order valence-corrected chi connectivity index (χ4v) is 3.50. The molecule has 0 bridgehead atoms. The molecule has 0 saturated heterocycles.